The Kier molecular flexibility index (Phi) is 3.24. The fourth-order valence-corrected chi connectivity index (χ4v) is 2.73. The van der Waals surface area contributed by atoms with Gasteiger partial charge in [-0.1, -0.05) is 60.7 Å². The van der Waals surface area contributed by atoms with Crippen molar-refractivity contribution in [2.45, 2.75) is 0 Å². The molecule has 0 atom stereocenters. The Morgan fingerprint density at radius 1 is 0.913 bits per heavy atom. The fourth-order valence-electron chi connectivity index (χ4n) is 2.73. The van der Waals surface area contributed by atoms with Crippen LogP contribution in [-0.2, 0) is 4.79 Å². The third kappa shape index (κ3) is 2.53. The van der Waals surface area contributed by atoms with E-state index in [1.807, 2.05) is 66.7 Å². The zero-order valence-corrected chi connectivity index (χ0v) is 12.4. The van der Waals surface area contributed by atoms with E-state index in [-0.39, 0.29) is 5.78 Å². The number of anilines is 1. The van der Waals surface area contributed by atoms with Crippen molar-refractivity contribution in [3.63, 3.8) is 0 Å². The Balaban J connectivity index is 1.68. The lowest BCUT2D eigenvalue weighted by molar-refractivity contribution is -0.108. The Morgan fingerprint density at radius 2 is 1.70 bits per heavy atom. The molecule has 0 spiro atoms. The highest BCUT2D eigenvalue weighted by molar-refractivity contribution is 6.49. The number of hydrogen-bond donors (Lipinski definition) is 1. The topological polar surface area (TPSA) is 41.5 Å². The number of hydrogen-bond acceptors (Lipinski definition) is 3. The molecule has 23 heavy (non-hydrogen) atoms. The lowest BCUT2D eigenvalue weighted by Crippen LogP contribution is -2.23. The standard InChI is InChI=1S/C20H14N2O/c23-18(13-12-14-6-2-1-3-7-14)20-21-16-10-4-8-15-9-5-11-17(22-20)19(15)16/h1-13H,(H,21,22). The molecule has 0 bridgehead atoms. The summed E-state index contributed by atoms with van der Waals surface area (Å²) in [4.78, 5) is 16.9. The van der Waals surface area contributed by atoms with Crippen molar-refractivity contribution in [1.29, 1.82) is 0 Å². The first-order valence-electron chi connectivity index (χ1n) is 7.46. The van der Waals surface area contributed by atoms with Crippen LogP contribution in [0.1, 0.15) is 5.56 Å². The molecule has 0 fully saturated rings. The van der Waals surface area contributed by atoms with Crippen molar-refractivity contribution in [3.05, 3.63) is 78.4 Å². The largest absolute Gasteiger partial charge is 0.336 e. The minimum absolute atomic E-state index is 0.139. The summed E-state index contributed by atoms with van der Waals surface area (Å²) >= 11 is 0. The predicted octanol–water partition coefficient (Wildman–Crippen LogP) is 4.58. The minimum atomic E-state index is -0.139. The zero-order chi connectivity index (χ0) is 15.6. The summed E-state index contributed by atoms with van der Waals surface area (Å²) in [5.41, 5.74) is 2.73. The fraction of sp³-hybridized carbons (Fsp3) is 0. The number of nitrogens with zero attached hydrogens (tertiary/aromatic N) is 1. The van der Waals surface area contributed by atoms with E-state index in [1.165, 1.54) is 0 Å². The summed E-state index contributed by atoms with van der Waals surface area (Å²) in [7, 11) is 0. The lowest BCUT2D eigenvalue weighted by Gasteiger charge is -2.17. The molecule has 3 aromatic rings. The number of benzene rings is 3. The molecular formula is C20H14N2O. The van der Waals surface area contributed by atoms with Crippen LogP contribution in [0.15, 0.2) is 77.8 Å². The number of rotatable bonds is 3. The zero-order valence-electron chi connectivity index (χ0n) is 12.4. The smallest absolute Gasteiger partial charge is 0.221 e. The first-order valence-corrected chi connectivity index (χ1v) is 7.46. The summed E-state index contributed by atoms with van der Waals surface area (Å²) in [5, 5.41) is 5.31. The molecule has 0 radical (unpaired) electrons. The molecule has 1 aliphatic rings. The van der Waals surface area contributed by atoms with Crippen LogP contribution in [0.3, 0.4) is 0 Å². The van der Waals surface area contributed by atoms with Gasteiger partial charge in [0, 0.05) is 11.1 Å². The van der Waals surface area contributed by atoms with Gasteiger partial charge in [-0.25, -0.2) is 4.99 Å². The predicted molar refractivity (Wildman–Crippen MR) is 95.1 cm³/mol. The molecule has 0 saturated heterocycles. The van der Waals surface area contributed by atoms with Crippen LogP contribution in [0.25, 0.3) is 16.8 Å². The van der Waals surface area contributed by atoms with Crippen molar-refractivity contribution in [2.75, 3.05) is 5.32 Å². The third-order valence-corrected chi connectivity index (χ3v) is 3.83. The number of amidine groups is 1. The molecule has 3 heteroatoms. The first-order chi connectivity index (χ1) is 11.3. The maximum absolute atomic E-state index is 12.4. The molecule has 0 aromatic heterocycles. The maximum Gasteiger partial charge on any atom is 0.221 e. The molecule has 4 rings (SSSR count). The average molecular weight is 298 g/mol. The highest BCUT2D eigenvalue weighted by atomic mass is 16.1. The van der Waals surface area contributed by atoms with E-state index >= 15 is 0 Å². The van der Waals surface area contributed by atoms with Gasteiger partial charge in [-0.2, -0.15) is 0 Å². The number of aliphatic imine (C=N–C) groups is 1. The van der Waals surface area contributed by atoms with E-state index in [0.29, 0.717) is 5.84 Å². The van der Waals surface area contributed by atoms with Crippen molar-refractivity contribution < 1.29 is 4.79 Å². The third-order valence-electron chi connectivity index (χ3n) is 3.83. The second-order valence-electron chi connectivity index (χ2n) is 5.37. The number of carbonyl (C=O) groups excluding carboxylic acids is 1. The highest BCUT2D eigenvalue weighted by Gasteiger charge is 2.17. The van der Waals surface area contributed by atoms with Gasteiger partial charge in [0.05, 0.1) is 5.69 Å². The number of nitrogens with one attached hydrogen (secondary N) is 1. The normalized spacial score (nSPS) is 13.0. The van der Waals surface area contributed by atoms with Gasteiger partial charge in [0.2, 0.25) is 5.78 Å². The number of carbonyl (C=O) groups is 1. The van der Waals surface area contributed by atoms with Crippen LogP contribution in [0.4, 0.5) is 11.4 Å². The molecule has 110 valence electrons. The van der Waals surface area contributed by atoms with Crippen LogP contribution >= 0.6 is 0 Å². The van der Waals surface area contributed by atoms with Gasteiger partial charge in [-0.05, 0) is 29.2 Å². The van der Waals surface area contributed by atoms with Crippen molar-refractivity contribution >= 4 is 39.8 Å². The summed E-state index contributed by atoms with van der Waals surface area (Å²) in [6.07, 6.45) is 3.35. The van der Waals surface area contributed by atoms with Crippen LogP contribution in [0.2, 0.25) is 0 Å². The molecule has 0 unspecified atom stereocenters. The van der Waals surface area contributed by atoms with Gasteiger partial charge in [0.15, 0.2) is 5.84 Å². The molecule has 0 aliphatic carbocycles. The minimum Gasteiger partial charge on any atom is -0.336 e. The lowest BCUT2D eigenvalue weighted by atomic mass is 10.0. The van der Waals surface area contributed by atoms with E-state index in [9.17, 15) is 4.79 Å². The van der Waals surface area contributed by atoms with Gasteiger partial charge >= 0.3 is 0 Å². The van der Waals surface area contributed by atoms with Crippen molar-refractivity contribution in [1.82, 2.24) is 0 Å². The van der Waals surface area contributed by atoms with Crippen LogP contribution in [-0.4, -0.2) is 11.6 Å². The Hall–Kier alpha value is -3.20. The monoisotopic (exact) mass is 298 g/mol. The van der Waals surface area contributed by atoms with Gasteiger partial charge in [0.1, 0.15) is 0 Å². The summed E-state index contributed by atoms with van der Waals surface area (Å²) < 4.78 is 0. The summed E-state index contributed by atoms with van der Waals surface area (Å²) in [6.45, 7) is 0. The average Bonchev–Trinajstić information content (AvgIpc) is 2.61. The van der Waals surface area contributed by atoms with Crippen molar-refractivity contribution in [3.8, 4) is 0 Å². The molecule has 3 aromatic carbocycles. The maximum atomic E-state index is 12.4. The molecule has 0 saturated carbocycles. The molecule has 3 nitrogen and oxygen atoms in total. The quantitative estimate of drug-likeness (QED) is 0.719. The van der Waals surface area contributed by atoms with Crippen molar-refractivity contribution in [2.24, 2.45) is 4.99 Å². The Labute approximate surface area is 134 Å². The van der Waals surface area contributed by atoms with Crippen LogP contribution in [0, 0.1) is 0 Å². The second kappa shape index (κ2) is 5.54. The summed E-state index contributed by atoms with van der Waals surface area (Å²) in [5.74, 6) is 0.212. The Bertz CT molecular complexity index is 951. The van der Waals surface area contributed by atoms with Crippen LogP contribution < -0.4 is 5.32 Å². The molecule has 1 heterocycles. The van der Waals surface area contributed by atoms with E-state index in [2.05, 4.69) is 10.3 Å². The molecule has 0 amide bonds. The molecule has 1 aliphatic heterocycles. The van der Waals surface area contributed by atoms with Gasteiger partial charge < -0.3 is 5.32 Å². The molecule has 1 N–H and O–H groups in total. The number of ketones is 1. The van der Waals surface area contributed by atoms with Crippen LogP contribution in [0.5, 0.6) is 0 Å². The van der Waals surface area contributed by atoms with Gasteiger partial charge in [0.25, 0.3) is 0 Å². The van der Waals surface area contributed by atoms with E-state index in [0.717, 1.165) is 27.7 Å². The van der Waals surface area contributed by atoms with Gasteiger partial charge in [-0.3, -0.25) is 4.79 Å². The van der Waals surface area contributed by atoms with E-state index in [4.69, 9.17) is 0 Å². The van der Waals surface area contributed by atoms with E-state index in [1.54, 1.807) is 12.2 Å². The SMILES string of the molecule is O=C(C=Cc1ccccc1)C1=Nc2cccc3cccc(c23)N1. The second-order valence-corrected chi connectivity index (χ2v) is 5.37. The van der Waals surface area contributed by atoms with E-state index < -0.39 is 0 Å². The Morgan fingerprint density at radius 3 is 2.52 bits per heavy atom. The highest BCUT2D eigenvalue weighted by Crippen LogP contribution is 2.35. The first kappa shape index (κ1) is 13.5. The van der Waals surface area contributed by atoms with Gasteiger partial charge in [-0.15, -0.1) is 0 Å². The molecular weight excluding hydrogens is 284 g/mol. The summed E-state index contributed by atoms with van der Waals surface area (Å²) in [6, 6.07) is 21.7.